The van der Waals surface area contributed by atoms with E-state index in [1.54, 1.807) is 23.7 Å². The van der Waals surface area contributed by atoms with Gasteiger partial charge in [-0.2, -0.15) is 0 Å². The van der Waals surface area contributed by atoms with E-state index in [2.05, 4.69) is 4.72 Å². The van der Waals surface area contributed by atoms with Gasteiger partial charge in [-0.1, -0.05) is 35.9 Å². The van der Waals surface area contributed by atoms with E-state index < -0.39 is 0 Å². The van der Waals surface area contributed by atoms with Crippen LogP contribution in [0.4, 0.5) is 0 Å². The summed E-state index contributed by atoms with van der Waals surface area (Å²) in [5.74, 6) is 2.37. The van der Waals surface area contributed by atoms with Crippen molar-refractivity contribution in [2.45, 2.75) is 6.42 Å². The first-order valence-electron chi connectivity index (χ1n) is 2.44. The second kappa shape index (κ2) is 3.58. The number of hydrogen-bond donors (Lipinski definition) is 1. The molecular formula is C4H7NS3. The monoisotopic (exact) mass is 165 g/mol. The van der Waals surface area contributed by atoms with Gasteiger partial charge in [0.05, 0.1) is 0 Å². The molecular weight excluding hydrogens is 158 g/mol. The van der Waals surface area contributed by atoms with Gasteiger partial charge in [-0.05, 0) is 6.42 Å². The van der Waals surface area contributed by atoms with Crippen LogP contribution in [-0.4, -0.2) is 15.8 Å². The molecule has 0 amide bonds. The van der Waals surface area contributed by atoms with Crippen molar-refractivity contribution in [1.82, 2.24) is 4.72 Å². The summed E-state index contributed by atoms with van der Waals surface area (Å²) in [5, 5.41) is 0. The molecule has 0 aromatic carbocycles. The number of thiocarbonyl (C=S) groups is 1. The second-order valence-electron chi connectivity index (χ2n) is 1.44. The maximum atomic E-state index is 4.92. The van der Waals surface area contributed by atoms with Crippen LogP contribution in [0.15, 0.2) is 0 Å². The van der Waals surface area contributed by atoms with Crippen LogP contribution >= 0.6 is 35.9 Å². The maximum absolute atomic E-state index is 4.92. The van der Waals surface area contributed by atoms with E-state index in [1.807, 2.05) is 0 Å². The van der Waals surface area contributed by atoms with Gasteiger partial charge < -0.3 is 4.72 Å². The van der Waals surface area contributed by atoms with Crippen LogP contribution in [0.3, 0.4) is 0 Å². The van der Waals surface area contributed by atoms with Crippen molar-refractivity contribution in [2.24, 2.45) is 0 Å². The molecule has 0 spiro atoms. The quantitative estimate of drug-likeness (QED) is 0.432. The van der Waals surface area contributed by atoms with Crippen molar-refractivity contribution >= 4 is 40.2 Å². The Labute approximate surface area is 63.1 Å². The van der Waals surface area contributed by atoms with E-state index in [0.29, 0.717) is 0 Å². The smallest absolute Gasteiger partial charge is 0.143 e. The van der Waals surface area contributed by atoms with E-state index in [0.717, 1.165) is 4.32 Å². The lowest BCUT2D eigenvalue weighted by Crippen LogP contribution is -2.06. The standard InChI is InChI=1S/C4H7NS3/c6-4-5-8-3-1-2-7-4/h1-3H2,(H,5,6). The molecule has 0 aromatic rings. The van der Waals surface area contributed by atoms with Gasteiger partial charge in [-0.15, -0.1) is 0 Å². The van der Waals surface area contributed by atoms with Crippen molar-refractivity contribution in [2.75, 3.05) is 11.5 Å². The number of rotatable bonds is 0. The molecule has 0 bridgehead atoms. The van der Waals surface area contributed by atoms with Gasteiger partial charge in [-0.3, -0.25) is 0 Å². The first-order valence-corrected chi connectivity index (χ1v) is 4.82. The van der Waals surface area contributed by atoms with E-state index in [9.17, 15) is 0 Å². The van der Waals surface area contributed by atoms with Gasteiger partial charge in [0.25, 0.3) is 0 Å². The Hall–Kier alpha value is 0.590. The summed E-state index contributed by atoms with van der Waals surface area (Å²) in [5.41, 5.74) is 0. The van der Waals surface area contributed by atoms with Gasteiger partial charge in [-0.25, -0.2) is 0 Å². The Bertz CT molecular complexity index is 83.3. The fourth-order valence-electron chi connectivity index (χ4n) is 0.435. The van der Waals surface area contributed by atoms with Crippen LogP contribution in [-0.2, 0) is 0 Å². The molecule has 0 radical (unpaired) electrons. The van der Waals surface area contributed by atoms with Crippen LogP contribution in [0, 0.1) is 0 Å². The summed E-state index contributed by atoms with van der Waals surface area (Å²) < 4.78 is 3.99. The van der Waals surface area contributed by atoms with Crippen molar-refractivity contribution in [3.8, 4) is 0 Å². The minimum Gasteiger partial charge on any atom is -0.315 e. The number of hydrogen-bond acceptors (Lipinski definition) is 3. The van der Waals surface area contributed by atoms with Crippen LogP contribution in [0.1, 0.15) is 6.42 Å². The highest BCUT2D eigenvalue weighted by atomic mass is 32.2. The van der Waals surface area contributed by atoms with E-state index in [-0.39, 0.29) is 0 Å². The van der Waals surface area contributed by atoms with Crippen LogP contribution in [0.2, 0.25) is 0 Å². The molecule has 1 rings (SSSR count). The van der Waals surface area contributed by atoms with Crippen LogP contribution in [0.5, 0.6) is 0 Å². The molecule has 0 atom stereocenters. The molecule has 1 aliphatic heterocycles. The van der Waals surface area contributed by atoms with Gasteiger partial charge in [0, 0.05) is 11.5 Å². The fraction of sp³-hybridized carbons (Fsp3) is 0.750. The summed E-state index contributed by atoms with van der Waals surface area (Å²) in [6.07, 6.45) is 1.27. The third-order valence-electron chi connectivity index (χ3n) is 0.779. The second-order valence-corrected chi connectivity index (χ2v) is 4.11. The van der Waals surface area contributed by atoms with Crippen molar-refractivity contribution in [3.63, 3.8) is 0 Å². The highest BCUT2D eigenvalue weighted by Crippen LogP contribution is 2.13. The fourth-order valence-corrected chi connectivity index (χ4v) is 2.44. The van der Waals surface area contributed by atoms with Crippen LogP contribution in [0.25, 0.3) is 0 Å². The zero-order chi connectivity index (χ0) is 5.82. The molecule has 1 heterocycles. The summed E-state index contributed by atoms with van der Waals surface area (Å²) in [6, 6.07) is 0. The lowest BCUT2D eigenvalue weighted by molar-refractivity contribution is 1.13. The first-order chi connectivity index (χ1) is 3.89. The molecule has 4 heteroatoms. The Kier molecular flexibility index (Phi) is 3.00. The van der Waals surface area contributed by atoms with Crippen molar-refractivity contribution < 1.29 is 0 Å². The van der Waals surface area contributed by atoms with E-state index >= 15 is 0 Å². The van der Waals surface area contributed by atoms with E-state index in [4.69, 9.17) is 12.2 Å². The highest BCUT2D eigenvalue weighted by molar-refractivity contribution is 8.24. The topological polar surface area (TPSA) is 12.0 Å². The third kappa shape index (κ3) is 2.24. The molecule has 8 heavy (non-hydrogen) atoms. The number of thioether (sulfide) groups is 1. The molecule has 46 valence electrons. The molecule has 1 N–H and O–H groups in total. The molecule has 1 fully saturated rings. The highest BCUT2D eigenvalue weighted by Gasteiger charge is 2.01. The average molecular weight is 165 g/mol. The largest absolute Gasteiger partial charge is 0.315 e. The third-order valence-corrected chi connectivity index (χ3v) is 3.19. The van der Waals surface area contributed by atoms with Gasteiger partial charge >= 0.3 is 0 Å². The van der Waals surface area contributed by atoms with Crippen molar-refractivity contribution in [3.05, 3.63) is 0 Å². The molecule has 1 aliphatic rings. The lowest BCUT2D eigenvalue weighted by Gasteiger charge is -1.95. The molecule has 0 saturated carbocycles. The predicted octanol–water partition coefficient (Wildman–Crippen LogP) is 1.65. The van der Waals surface area contributed by atoms with Crippen molar-refractivity contribution in [1.29, 1.82) is 0 Å². The molecule has 0 aliphatic carbocycles. The SMILES string of the molecule is S=C1NSCCCS1. The zero-order valence-electron chi connectivity index (χ0n) is 4.35. The molecule has 0 unspecified atom stereocenters. The van der Waals surface area contributed by atoms with Gasteiger partial charge in [0.1, 0.15) is 4.32 Å². The average Bonchev–Trinajstić information content (AvgIpc) is 1.94. The normalized spacial score (nSPS) is 21.8. The maximum Gasteiger partial charge on any atom is 0.143 e. The predicted molar refractivity (Wildman–Crippen MR) is 45.3 cm³/mol. The summed E-state index contributed by atoms with van der Waals surface area (Å²) in [6.45, 7) is 0. The lowest BCUT2D eigenvalue weighted by atomic mass is 10.6. The zero-order valence-corrected chi connectivity index (χ0v) is 6.80. The summed E-state index contributed by atoms with van der Waals surface area (Å²) in [4.78, 5) is 0. The Morgan fingerprint density at radius 3 is 3.25 bits per heavy atom. The molecule has 0 aromatic heterocycles. The van der Waals surface area contributed by atoms with Gasteiger partial charge in [0.2, 0.25) is 0 Å². The molecule has 1 saturated heterocycles. The minimum atomic E-state index is 0.938. The minimum absolute atomic E-state index is 0.938. The Morgan fingerprint density at radius 1 is 1.50 bits per heavy atom. The first kappa shape index (κ1) is 6.71. The van der Waals surface area contributed by atoms with E-state index in [1.165, 1.54) is 17.9 Å². The Morgan fingerprint density at radius 2 is 2.38 bits per heavy atom. The van der Waals surface area contributed by atoms with Crippen LogP contribution < -0.4 is 4.72 Å². The summed E-state index contributed by atoms with van der Waals surface area (Å²) in [7, 11) is 0. The Balaban J connectivity index is 2.27. The molecule has 1 nitrogen and oxygen atoms in total. The van der Waals surface area contributed by atoms with Gasteiger partial charge in [0.15, 0.2) is 0 Å². The summed E-state index contributed by atoms with van der Waals surface area (Å²) >= 11 is 8.37. The number of nitrogens with one attached hydrogen (secondary N) is 1.